The molecule has 1 amide bonds. The fourth-order valence-corrected chi connectivity index (χ4v) is 5.42. The van der Waals surface area contributed by atoms with Crippen LogP contribution in [0.1, 0.15) is 64.5 Å². The predicted octanol–water partition coefficient (Wildman–Crippen LogP) is 5.15. The van der Waals surface area contributed by atoms with E-state index in [-0.39, 0.29) is 17.0 Å². The van der Waals surface area contributed by atoms with E-state index in [0.717, 1.165) is 24.1 Å². The van der Waals surface area contributed by atoms with Gasteiger partial charge in [-0.1, -0.05) is 60.7 Å². The third-order valence-electron chi connectivity index (χ3n) is 6.90. The predicted molar refractivity (Wildman–Crippen MR) is 121 cm³/mol. The highest BCUT2D eigenvalue weighted by atomic mass is 16.2. The van der Waals surface area contributed by atoms with Crippen LogP contribution in [0.25, 0.3) is 0 Å². The Morgan fingerprint density at radius 1 is 0.897 bits per heavy atom. The van der Waals surface area contributed by atoms with Gasteiger partial charge in [0.05, 0.1) is 0 Å². The number of nitrogens with zero attached hydrogens (tertiary/aromatic N) is 1. The molecule has 0 aromatic heterocycles. The lowest BCUT2D eigenvalue weighted by Gasteiger charge is -2.54. The largest absolute Gasteiger partial charge is 0.358 e. The zero-order valence-electron chi connectivity index (χ0n) is 18.7. The van der Waals surface area contributed by atoms with Gasteiger partial charge < -0.3 is 5.32 Å². The highest BCUT2D eigenvalue weighted by Gasteiger charge is 2.46. The normalized spacial score (nSPS) is 18.9. The number of nitrogens with one attached hydrogen (secondary N) is 1. The number of likely N-dealkylation sites (N-methyl/N-ethyl adjacent to an activating group) is 1. The van der Waals surface area contributed by atoms with Crippen molar-refractivity contribution in [2.24, 2.45) is 0 Å². The molecule has 1 fully saturated rings. The third-order valence-corrected chi connectivity index (χ3v) is 6.90. The van der Waals surface area contributed by atoms with Gasteiger partial charge in [-0.25, -0.2) is 0 Å². The van der Waals surface area contributed by atoms with Gasteiger partial charge in [-0.15, -0.1) is 0 Å². The van der Waals surface area contributed by atoms with Gasteiger partial charge >= 0.3 is 0 Å². The van der Waals surface area contributed by atoms with Crippen molar-refractivity contribution in [2.75, 3.05) is 13.6 Å². The molecule has 1 N–H and O–H groups in total. The zero-order chi connectivity index (χ0) is 21.1. The third kappa shape index (κ3) is 4.11. The van der Waals surface area contributed by atoms with Gasteiger partial charge in [-0.2, -0.15) is 0 Å². The van der Waals surface area contributed by atoms with Crippen LogP contribution < -0.4 is 5.32 Å². The molecule has 1 saturated heterocycles. The van der Waals surface area contributed by atoms with Crippen molar-refractivity contribution in [1.82, 2.24) is 10.2 Å². The first-order chi connectivity index (χ1) is 13.7. The van der Waals surface area contributed by atoms with E-state index < -0.39 is 5.41 Å². The summed E-state index contributed by atoms with van der Waals surface area (Å²) in [7, 11) is 1.75. The van der Waals surface area contributed by atoms with Gasteiger partial charge in [0.25, 0.3) is 0 Å². The Hall–Kier alpha value is -2.13. The molecule has 2 aromatic carbocycles. The molecule has 29 heavy (non-hydrogen) atoms. The summed E-state index contributed by atoms with van der Waals surface area (Å²) in [4.78, 5) is 16.1. The molecule has 0 unspecified atom stereocenters. The SMILES string of the molecule is CNC(=O)C(CCN1C(C)(C)CCCC1(C)C)(c1ccccc1)c1ccccc1. The average molecular weight is 393 g/mol. The van der Waals surface area contributed by atoms with Gasteiger partial charge in [0.1, 0.15) is 5.41 Å². The molecule has 0 bridgehead atoms. The molecular formula is C26H36N2O. The van der Waals surface area contributed by atoms with Crippen LogP contribution in [-0.4, -0.2) is 35.5 Å². The van der Waals surface area contributed by atoms with E-state index in [1.165, 1.54) is 19.3 Å². The summed E-state index contributed by atoms with van der Waals surface area (Å²) in [6.07, 6.45) is 4.39. The van der Waals surface area contributed by atoms with Crippen LogP contribution in [0, 0.1) is 0 Å². The number of likely N-dealkylation sites (tertiary alicyclic amines) is 1. The van der Waals surface area contributed by atoms with Crippen molar-refractivity contribution >= 4 is 5.91 Å². The van der Waals surface area contributed by atoms with Gasteiger partial charge in [0.2, 0.25) is 5.91 Å². The first-order valence-electron chi connectivity index (χ1n) is 10.8. The molecule has 3 rings (SSSR count). The Morgan fingerprint density at radius 3 is 1.76 bits per heavy atom. The molecule has 1 heterocycles. The number of hydrogen-bond acceptors (Lipinski definition) is 2. The summed E-state index contributed by atoms with van der Waals surface area (Å²) < 4.78 is 0. The van der Waals surface area contributed by atoms with E-state index in [9.17, 15) is 4.79 Å². The quantitative estimate of drug-likeness (QED) is 0.737. The number of carbonyl (C=O) groups is 1. The van der Waals surface area contributed by atoms with Crippen LogP contribution in [0.4, 0.5) is 0 Å². The lowest BCUT2D eigenvalue weighted by Crippen LogP contribution is -2.60. The minimum atomic E-state index is -0.707. The maximum atomic E-state index is 13.5. The Balaban J connectivity index is 2.07. The minimum absolute atomic E-state index is 0.0579. The van der Waals surface area contributed by atoms with Crippen LogP contribution in [0.15, 0.2) is 60.7 Å². The van der Waals surface area contributed by atoms with Gasteiger partial charge in [0, 0.05) is 24.7 Å². The maximum absolute atomic E-state index is 13.5. The molecule has 0 aliphatic carbocycles. The van der Waals surface area contributed by atoms with E-state index >= 15 is 0 Å². The molecule has 0 atom stereocenters. The summed E-state index contributed by atoms with van der Waals surface area (Å²) in [6, 6.07) is 20.5. The average Bonchev–Trinajstić information content (AvgIpc) is 2.70. The second kappa shape index (κ2) is 8.31. The molecule has 3 heteroatoms. The van der Waals surface area contributed by atoms with Crippen LogP contribution in [-0.2, 0) is 10.2 Å². The van der Waals surface area contributed by atoms with Gasteiger partial charge in [-0.3, -0.25) is 9.69 Å². The van der Waals surface area contributed by atoms with Crippen LogP contribution >= 0.6 is 0 Å². The Bertz CT molecular complexity index is 756. The number of carbonyl (C=O) groups excluding carboxylic acids is 1. The molecule has 0 saturated carbocycles. The maximum Gasteiger partial charge on any atom is 0.234 e. The topological polar surface area (TPSA) is 32.3 Å². The summed E-state index contributed by atoms with van der Waals surface area (Å²) in [5.41, 5.74) is 1.66. The van der Waals surface area contributed by atoms with E-state index in [1.54, 1.807) is 7.05 Å². The van der Waals surface area contributed by atoms with E-state index in [4.69, 9.17) is 0 Å². The highest BCUT2D eigenvalue weighted by molar-refractivity contribution is 5.92. The molecule has 156 valence electrons. The Kier molecular flexibility index (Phi) is 6.19. The van der Waals surface area contributed by atoms with E-state index in [1.807, 2.05) is 36.4 Å². The van der Waals surface area contributed by atoms with E-state index in [0.29, 0.717) is 0 Å². The fraction of sp³-hybridized carbons (Fsp3) is 0.500. The Morgan fingerprint density at radius 2 is 1.34 bits per heavy atom. The van der Waals surface area contributed by atoms with Crippen molar-refractivity contribution in [1.29, 1.82) is 0 Å². The molecular weight excluding hydrogens is 356 g/mol. The van der Waals surface area contributed by atoms with Gasteiger partial charge in [-0.05, 0) is 64.5 Å². The van der Waals surface area contributed by atoms with Crippen LogP contribution in [0.3, 0.4) is 0 Å². The molecule has 1 aliphatic heterocycles. The second-order valence-corrected chi connectivity index (χ2v) is 9.60. The number of rotatable bonds is 6. The van der Waals surface area contributed by atoms with Crippen molar-refractivity contribution in [3.63, 3.8) is 0 Å². The first-order valence-corrected chi connectivity index (χ1v) is 10.8. The highest BCUT2D eigenvalue weighted by Crippen LogP contribution is 2.42. The number of piperidine rings is 1. The summed E-state index contributed by atoms with van der Waals surface area (Å²) in [5.74, 6) is 0.0579. The summed E-state index contributed by atoms with van der Waals surface area (Å²) in [5, 5.41) is 2.97. The monoisotopic (exact) mass is 392 g/mol. The molecule has 2 aromatic rings. The molecule has 0 radical (unpaired) electrons. The van der Waals surface area contributed by atoms with Gasteiger partial charge in [0.15, 0.2) is 0 Å². The first kappa shape index (κ1) is 21.6. The fourth-order valence-electron chi connectivity index (χ4n) is 5.42. The van der Waals surface area contributed by atoms with Crippen molar-refractivity contribution in [3.8, 4) is 0 Å². The number of benzene rings is 2. The van der Waals surface area contributed by atoms with Crippen molar-refractivity contribution in [2.45, 2.75) is 69.9 Å². The number of hydrogen-bond donors (Lipinski definition) is 1. The van der Waals surface area contributed by atoms with Crippen molar-refractivity contribution in [3.05, 3.63) is 71.8 Å². The number of amides is 1. The molecule has 1 aliphatic rings. The summed E-state index contributed by atoms with van der Waals surface area (Å²) in [6.45, 7) is 10.3. The summed E-state index contributed by atoms with van der Waals surface area (Å²) >= 11 is 0. The standard InChI is InChI=1S/C26H36N2O/c1-24(2)17-12-18-25(3,4)28(24)20-19-26(23(29)27-5,21-13-8-6-9-14-21)22-15-10-7-11-16-22/h6-11,13-16H,12,17-20H2,1-5H3,(H,27,29). The Labute approximate surface area is 176 Å². The lowest BCUT2D eigenvalue weighted by atomic mass is 9.70. The van der Waals surface area contributed by atoms with E-state index in [2.05, 4.69) is 62.2 Å². The van der Waals surface area contributed by atoms with Crippen LogP contribution in [0.2, 0.25) is 0 Å². The van der Waals surface area contributed by atoms with Crippen LogP contribution in [0.5, 0.6) is 0 Å². The molecule has 0 spiro atoms. The zero-order valence-corrected chi connectivity index (χ0v) is 18.7. The molecule has 3 nitrogen and oxygen atoms in total. The smallest absolute Gasteiger partial charge is 0.234 e. The van der Waals surface area contributed by atoms with Crippen molar-refractivity contribution < 1.29 is 4.79 Å². The minimum Gasteiger partial charge on any atom is -0.358 e. The lowest BCUT2D eigenvalue weighted by molar-refractivity contribution is -0.125. The second-order valence-electron chi connectivity index (χ2n) is 9.60.